The van der Waals surface area contributed by atoms with Gasteiger partial charge in [0.05, 0.1) is 7.11 Å². The summed E-state index contributed by atoms with van der Waals surface area (Å²) in [6, 6.07) is -0.596. The molecule has 1 N–H and O–H groups in total. The topological polar surface area (TPSA) is 64.6 Å². The smallest absolute Gasteiger partial charge is 0.328 e. The molecule has 0 aromatic rings. The molecule has 5 nitrogen and oxygen atoms in total. The maximum atomic E-state index is 11.7. The van der Waals surface area contributed by atoms with Crippen LogP contribution in [0.2, 0.25) is 0 Å². The first-order valence-electron chi connectivity index (χ1n) is 5.56. The molecule has 0 aliphatic carbocycles. The summed E-state index contributed by atoms with van der Waals surface area (Å²) in [7, 11) is 1.32. The highest BCUT2D eigenvalue weighted by atomic mass is 16.5. The first-order chi connectivity index (χ1) is 7.56. The Kier molecular flexibility index (Phi) is 4.73. The van der Waals surface area contributed by atoms with Crippen LogP contribution in [0.5, 0.6) is 0 Å². The molecule has 92 valence electrons. The van der Waals surface area contributed by atoms with E-state index in [1.54, 1.807) is 0 Å². The van der Waals surface area contributed by atoms with E-state index in [0.717, 1.165) is 12.8 Å². The van der Waals surface area contributed by atoms with Gasteiger partial charge in [-0.15, -0.1) is 0 Å². The maximum absolute atomic E-state index is 11.7. The van der Waals surface area contributed by atoms with E-state index >= 15 is 0 Å². The average Bonchev–Trinajstić information content (AvgIpc) is 2.77. The fraction of sp³-hybridized carbons (Fsp3) is 0.818. The van der Waals surface area contributed by atoms with Crippen molar-refractivity contribution in [1.82, 2.24) is 5.32 Å². The number of ether oxygens (including phenoxy) is 2. The molecule has 1 aliphatic rings. The van der Waals surface area contributed by atoms with Gasteiger partial charge in [-0.25, -0.2) is 4.79 Å². The second kappa shape index (κ2) is 5.84. The van der Waals surface area contributed by atoms with Gasteiger partial charge in [-0.05, 0) is 18.8 Å². The Balaban J connectivity index is 2.53. The Morgan fingerprint density at radius 1 is 1.44 bits per heavy atom. The van der Waals surface area contributed by atoms with Gasteiger partial charge in [-0.3, -0.25) is 4.79 Å². The molecule has 0 radical (unpaired) electrons. The average molecular weight is 229 g/mol. The number of hydrogen-bond acceptors (Lipinski definition) is 4. The highest BCUT2D eigenvalue weighted by molar-refractivity contribution is 5.87. The van der Waals surface area contributed by atoms with E-state index in [2.05, 4.69) is 10.1 Å². The van der Waals surface area contributed by atoms with E-state index in [4.69, 9.17) is 4.74 Å². The molecule has 1 heterocycles. The summed E-state index contributed by atoms with van der Waals surface area (Å²) < 4.78 is 9.89. The zero-order chi connectivity index (χ0) is 12.1. The molecule has 1 amide bonds. The molecule has 0 aromatic heterocycles. The van der Waals surface area contributed by atoms with Crippen LogP contribution in [-0.4, -0.2) is 37.7 Å². The molecule has 1 saturated heterocycles. The summed E-state index contributed by atoms with van der Waals surface area (Å²) in [6.45, 7) is 4.33. The molecule has 1 fully saturated rings. The first kappa shape index (κ1) is 13.0. The Bertz CT molecular complexity index is 259. The Labute approximate surface area is 95.5 Å². The van der Waals surface area contributed by atoms with Crippen LogP contribution in [0.4, 0.5) is 0 Å². The highest BCUT2D eigenvalue weighted by Crippen LogP contribution is 2.13. The van der Waals surface area contributed by atoms with Gasteiger partial charge < -0.3 is 14.8 Å². The van der Waals surface area contributed by atoms with Gasteiger partial charge in [0.25, 0.3) is 0 Å². The van der Waals surface area contributed by atoms with Crippen molar-refractivity contribution in [3.63, 3.8) is 0 Å². The molecule has 0 aromatic carbocycles. The SMILES string of the molecule is COC(=O)C(NC(=O)[C@H]1CCCO1)C(C)C. The molecule has 1 aliphatic heterocycles. The van der Waals surface area contributed by atoms with E-state index in [1.807, 2.05) is 13.8 Å². The van der Waals surface area contributed by atoms with Crippen molar-refractivity contribution in [3.8, 4) is 0 Å². The van der Waals surface area contributed by atoms with Crippen molar-refractivity contribution in [1.29, 1.82) is 0 Å². The van der Waals surface area contributed by atoms with Gasteiger partial charge in [-0.2, -0.15) is 0 Å². The first-order valence-corrected chi connectivity index (χ1v) is 5.56. The standard InChI is InChI=1S/C11H19NO4/c1-7(2)9(11(14)15-3)12-10(13)8-5-4-6-16-8/h7-9H,4-6H2,1-3H3,(H,12,13)/t8-,9?/m1/s1. The van der Waals surface area contributed by atoms with E-state index in [0.29, 0.717) is 6.61 Å². The fourth-order valence-corrected chi connectivity index (χ4v) is 1.66. The van der Waals surface area contributed by atoms with Crippen molar-refractivity contribution in [3.05, 3.63) is 0 Å². The normalized spacial score (nSPS) is 21.9. The summed E-state index contributed by atoms with van der Waals surface area (Å²) in [5.41, 5.74) is 0. The molecule has 2 atom stereocenters. The zero-order valence-corrected chi connectivity index (χ0v) is 9.99. The largest absolute Gasteiger partial charge is 0.467 e. The molecule has 5 heteroatoms. The molecular weight excluding hydrogens is 210 g/mol. The third kappa shape index (κ3) is 3.20. The van der Waals surface area contributed by atoms with Crippen LogP contribution in [0.1, 0.15) is 26.7 Å². The van der Waals surface area contributed by atoms with Gasteiger partial charge in [0.15, 0.2) is 0 Å². The second-order valence-corrected chi connectivity index (χ2v) is 4.26. The lowest BCUT2D eigenvalue weighted by Crippen LogP contribution is -2.48. The van der Waals surface area contributed by atoms with Gasteiger partial charge in [-0.1, -0.05) is 13.8 Å². The molecule has 16 heavy (non-hydrogen) atoms. The van der Waals surface area contributed by atoms with E-state index in [9.17, 15) is 9.59 Å². The predicted molar refractivity (Wildman–Crippen MR) is 57.8 cm³/mol. The Morgan fingerprint density at radius 3 is 2.56 bits per heavy atom. The number of carbonyl (C=O) groups excluding carboxylic acids is 2. The van der Waals surface area contributed by atoms with Crippen molar-refractivity contribution in [2.45, 2.75) is 38.8 Å². The number of carbonyl (C=O) groups is 2. The third-order valence-electron chi connectivity index (χ3n) is 2.64. The highest BCUT2D eigenvalue weighted by Gasteiger charge is 2.30. The van der Waals surface area contributed by atoms with Crippen molar-refractivity contribution >= 4 is 11.9 Å². The van der Waals surface area contributed by atoms with E-state index in [-0.39, 0.29) is 11.8 Å². The number of nitrogens with one attached hydrogen (secondary N) is 1. The van der Waals surface area contributed by atoms with Crippen LogP contribution >= 0.6 is 0 Å². The Hall–Kier alpha value is -1.10. The Morgan fingerprint density at radius 2 is 2.12 bits per heavy atom. The fourth-order valence-electron chi connectivity index (χ4n) is 1.66. The van der Waals surface area contributed by atoms with Gasteiger partial charge in [0.2, 0.25) is 5.91 Å². The lowest BCUT2D eigenvalue weighted by Gasteiger charge is -2.21. The lowest BCUT2D eigenvalue weighted by atomic mass is 10.0. The maximum Gasteiger partial charge on any atom is 0.328 e. The lowest BCUT2D eigenvalue weighted by molar-refractivity contribution is -0.147. The molecule has 0 saturated carbocycles. The molecular formula is C11H19NO4. The van der Waals surface area contributed by atoms with Crippen molar-refractivity contribution in [2.24, 2.45) is 5.92 Å². The number of rotatable bonds is 4. The van der Waals surface area contributed by atoms with Crippen LogP contribution in [0.3, 0.4) is 0 Å². The number of methoxy groups -OCH3 is 1. The van der Waals surface area contributed by atoms with Crippen LogP contribution in [0, 0.1) is 5.92 Å². The van der Waals surface area contributed by atoms with Gasteiger partial charge >= 0.3 is 5.97 Å². The molecule has 1 unspecified atom stereocenters. The number of hydrogen-bond donors (Lipinski definition) is 1. The quantitative estimate of drug-likeness (QED) is 0.712. The van der Waals surface area contributed by atoms with Crippen LogP contribution < -0.4 is 5.32 Å². The van der Waals surface area contributed by atoms with Gasteiger partial charge in [0.1, 0.15) is 12.1 Å². The molecule has 0 bridgehead atoms. The minimum absolute atomic E-state index is 0.00203. The summed E-state index contributed by atoms with van der Waals surface area (Å²) in [5.74, 6) is -0.638. The minimum Gasteiger partial charge on any atom is -0.467 e. The monoisotopic (exact) mass is 229 g/mol. The summed E-state index contributed by atoms with van der Waals surface area (Å²) >= 11 is 0. The number of esters is 1. The summed E-state index contributed by atoms with van der Waals surface area (Å²) in [5, 5.41) is 2.67. The van der Waals surface area contributed by atoms with Crippen LogP contribution in [0.25, 0.3) is 0 Å². The predicted octanol–water partition coefficient (Wildman–Crippen LogP) is 0.479. The van der Waals surface area contributed by atoms with E-state index in [1.165, 1.54) is 7.11 Å². The van der Waals surface area contributed by atoms with Crippen molar-refractivity contribution < 1.29 is 19.1 Å². The summed E-state index contributed by atoms with van der Waals surface area (Å²) in [6.07, 6.45) is 1.20. The van der Waals surface area contributed by atoms with Crippen LogP contribution in [-0.2, 0) is 19.1 Å². The minimum atomic E-state index is -0.596. The van der Waals surface area contributed by atoms with E-state index < -0.39 is 18.1 Å². The molecule has 0 spiro atoms. The zero-order valence-electron chi connectivity index (χ0n) is 9.99. The van der Waals surface area contributed by atoms with Crippen LogP contribution in [0.15, 0.2) is 0 Å². The molecule has 1 rings (SSSR count). The second-order valence-electron chi connectivity index (χ2n) is 4.26. The van der Waals surface area contributed by atoms with Gasteiger partial charge in [0, 0.05) is 6.61 Å². The third-order valence-corrected chi connectivity index (χ3v) is 2.64. The number of amides is 1. The summed E-state index contributed by atoms with van der Waals surface area (Å²) in [4.78, 5) is 23.2. The van der Waals surface area contributed by atoms with Crippen molar-refractivity contribution in [2.75, 3.05) is 13.7 Å².